The fourth-order valence-electron chi connectivity index (χ4n) is 3.02. The first kappa shape index (κ1) is 16.5. The summed E-state index contributed by atoms with van der Waals surface area (Å²) >= 11 is 6.16. The maximum atomic E-state index is 6.16. The van der Waals surface area contributed by atoms with Crippen LogP contribution < -0.4 is 16.0 Å². The SMILES string of the molecule is COc1ccc(Cl)cc1C(NN)C1CN(C)CCCN1C. The second kappa shape index (κ2) is 7.42. The van der Waals surface area contributed by atoms with E-state index in [-0.39, 0.29) is 12.1 Å². The summed E-state index contributed by atoms with van der Waals surface area (Å²) in [6, 6.07) is 5.88. The number of ether oxygens (including phenoxy) is 1. The Bertz CT molecular complexity index is 471. The lowest BCUT2D eigenvalue weighted by atomic mass is 9.97. The van der Waals surface area contributed by atoms with Crippen molar-refractivity contribution in [1.29, 1.82) is 0 Å². The molecule has 2 rings (SSSR count). The third kappa shape index (κ3) is 3.87. The molecule has 1 saturated heterocycles. The zero-order valence-electron chi connectivity index (χ0n) is 13.0. The second-order valence-electron chi connectivity index (χ2n) is 5.69. The van der Waals surface area contributed by atoms with E-state index >= 15 is 0 Å². The molecular weight excluding hydrogens is 288 g/mol. The molecule has 1 aromatic rings. The number of hydrogen-bond donors (Lipinski definition) is 2. The van der Waals surface area contributed by atoms with Crippen molar-refractivity contribution in [3.8, 4) is 5.75 Å². The molecule has 0 bridgehead atoms. The van der Waals surface area contributed by atoms with Gasteiger partial charge in [-0.25, -0.2) is 0 Å². The van der Waals surface area contributed by atoms with E-state index < -0.39 is 0 Å². The van der Waals surface area contributed by atoms with E-state index in [1.807, 2.05) is 18.2 Å². The van der Waals surface area contributed by atoms with Gasteiger partial charge in [0.1, 0.15) is 5.75 Å². The van der Waals surface area contributed by atoms with Crippen LogP contribution in [0.2, 0.25) is 5.02 Å². The molecule has 0 radical (unpaired) electrons. The van der Waals surface area contributed by atoms with Gasteiger partial charge in [0.05, 0.1) is 13.2 Å². The zero-order valence-corrected chi connectivity index (χ0v) is 13.7. The molecule has 5 nitrogen and oxygen atoms in total. The predicted molar refractivity (Wildman–Crippen MR) is 86.6 cm³/mol. The summed E-state index contributed by atoms with van der Waals surface area (Å²) in [4.78, 5) is 4.70. The Kier molecular flexibility index (Phi) is 5.84. The molecule has 0 saturated carbocycles. The van der Waals surface area contributed by atoms with Crippen LogP contribution in [-0.2, 0) is 0 Å². The van der Waals surface area contributed by atoms with Gasteiger partial charge in [0, 0.05) is 23.2 Å². The highest BCUT2D eigenvalue weighted by atomic mass is 35.5. The van der Waals surface area contributed by atoms with Crippen LogP contribution >= 0.6 is 11.6 Å². The van der Waals surface area contributed by atoms with Crippen LogP contribution in [0.5, 0.6) is 5.75 Å². The summed E-state index contributed by atoms with van der Waals surface area (Å²) in [5.41, 5.74) is 3.96. The van der Waals surface area contributed by atoms with Gasteiger partial charge < -0.3 is 14.5 Å². The van der Waals surface area contributed by atoms with Crippen LogP contribution in [0, 0.1) is 0 Å². The molecule has 2 unspecified atom stereocenters. The van der Waals surface area contributed by atoms with Crippen LogP contribution in [-0.4, -0.2) is 56.7 Å². The van der Waals surface area contributed by atoms with Crippen molar-refractivity contribution in [3.63, 3.8) is 0 Å². The highest BCUT2D eigenvalue weighted by molar-refractivity contribution is 6.30. The molecule has 1 aromatic carbocycles. The number of nitrogens with one attached hydrogen (secondary N) is 1. The monoisotopic (exact) mass is 312 g/mol. The molecule has 2 atom stereocenters. The number of nitrogens with zero attached hydrogens (tertiary/aromatic N) is 2. The number of hydrazine groups is 1. The van der Waals surface area contributed by atoms with Gasteiger partial charge in [0.25, 0.3) is 0 Å². The van der Waals surface area contributed by atoms with Crippen molar-refractivity contribution in [2.24, 2.45) is 5.84 Å². The van der Waals surface area contributed by atoms with Gasteiger partial charge in [-0.2, -0.15) is 0 Å². The number of rotatable bonds is 4. The minimum Gasteiger partial charge on any atom is -0.496 e. The standard InChI is InChI=1S/C15H25ClN4O/c1-19-7-4-8-20(2)13(10-19)15(18-17)12-9-11(16)5-6-14(12)21-3/h5-6,9,13,15,18H,4,7-8,10,17H2,1-3H3. The van der Waals surface area contributed by atoms with Gasteiger partial charge in [-0.15, -0.1) is 0 Å². The Balaban J connectivity index is 2.35. The highest BCUT2D eigenvalue weighted by Crippen LogP contribution is 2.32. The number of likely N-dealkylation sites (N-methyl/N-ethyl adjacent to an activating group) is 2. The molecule has 21 heavy (non-hydrogen) atoms. The van der Waals surface area contributed by atoms with Crippen molar-refractivity contribution >= 4 is 11.6 Å². The van der Waals surface area contributed by atoms with Gasteiger partial charge in [0.2, 0.25) is 0 Å². The molecule has 1 aliphatic rings. The lowest BCUT2D eigenvalue weighted by molar-refractivity contribution is 0.177. The number of halogens is 1. The number of methoxy groups -OCH3 is 1. The fraction of sp³-hybridized carbons (Fsp3) is 0.600. The normalized spacial score (nSPS) is 22.8. The number of hydrogen-bond acceptors (Lipinski definition) is 5. The van der Waals surface area contributed by atoms with Crippen LogP contribution in [0.15, 0.2) is 18.2 Å². The Morgan fingerprint density at radius 3 is 2.81 bits per heavy atom. The first-order valence-electron chi connectivity index (χ1n) is 7.25. The fourth-order valence-corrected chi connectivity index (χ4v) is 3.20. The Hall–Kier alpha value is -0.850. The van der Waals surface area contributed by atoms with Crippen molar-refractivity contribution in [3.05, 3.63) is 28.8 Å². The lowest BCUT2D eigenvalue weighted by Crippen LogP contribution is -2.49. The van der Waals surface area contributed by atoms with E-state index in [2.05, 4.69) is 29.3 Å². The third-order valence-electron chi connectivity index (χ3n) is 4.21. The Labute approximate surface area is 132 Å². The minimum absolute atomic E-state index is 0.0378. The van der Waals surface area contributed by atoms with Crippen molar-refractivity contribution < 1.29 is 4.74 Å². The van der Waals surface area contributed by atoms with E-state index in [9.17, 15) is 0 Å². The Morgan fingerprint density at radius 2 is 2.14 bits per heavy atom. The second-order valence-corrected chi connectivity index (χ2v) is 6.13. The van der Waals surface area contributed by atoms with Crippen molar-refractivity contribution in [2.75, 3.05) is 40.8 Å². The maximum absolute atomic E-state index is 6.16. The van der Waals surface area contributed by atoms with E-state index in [1.54, 1.807) is 7.11 Å². The quantitative estimate of drug-likeness (QED) is 0.652. The summed E-state index contributed by atoms with van der Waals surface area (Å²) in [5.74, 6) is 6.68. The molecule has 1 aliphatic heterocycles. The van der Waals surface area contributed by atoms with E-state index in [1.165, 1.54) is 0 Å². The zero-order chi connectivity index (χ0) is 15.4. The summed E-state index contributed by atoms with van der Waals surface area (Å²) in [6.45, 7) is 3.10. The van der Waals surface area contributed by atoms with Gasteiger partial charge in [-0.3, -0.25) is 11.3 Å². The Morgan fingerprint density at radius 1 is 1.38 bits per heavy atom. The number of benzene rings is 1. The van der Waals surface area contributed by atoms with Gasteiger partial charge >= 0.3 is 0 Å². The third-order valence-corrected chi connectivity index (χ3v) is 4.44. The summed E-state index contributed by atoms with van der Waals surface area (Å²) in [5, 5.41) is 0.690. The van der Waals surface area contributed by atoms with Crippen LogP contribution in [0.1, 0.15) is 18.0 Å². The average molecular weight is 313 g/mol. The predicted octanol–water partition coefficient (Wildman–Crippen LogP) is 1.49. The lowest BCUT2D eigenvalue weighted by Gasteiger charge is -2.35. The van der Waals surface area contributed by atoms with Gasteiger partial charge in [-0.05, 0) is 51.8 Å². The topological polar surface area (TPSA) is 53.8 Å². The first-order valence-corrected chi connectivity index (χ1v) is 7.63. The average Bonchev–Trinajstić information content (AvgIpc) is 2.62. The summed E-state index contributed by atoms with van der Waals surface area (Å²) in [6.07, 6.45) is 1.16. The van der Waals surface area contributed by atoms with Gasteiger partial charge in [-0.1, -0.05) is 11.6 Å². The molecule has 118 valence electrons. The maximum Gasteiger partial charge on any atom is 0.123 e. The molecular formula is C15H25ClN4O. The number of nitrogens with two attached hydrogens (primary N) is 1. The smallest absolute Gasteiger partial charge is 0.123 e. The highest BCUT2D eigenvalue weighted by Gasteiger charge is 2.30. The van der Waals surface area contributed by atoms with Crippen molar-refractivity contribution in [1.82, 2.24) is 15.2 Å². The molecule has 0 aliphatic carbocycles. The molecule has 0 spiro atoms. The van der Waals surface area contributed by atoms with Crippen LogP contribution in [0.25, 0.3) is 0 Å². The van der Waals surface area contributed by atoms with Crippen molar-refractivity contribution in [2.45, 2.75) is 18.5 Å². The van der Waals surface area contributed by atoms with E-state index in [0.717, 1.165) is 37.4 Å². The first-order chi connectivity index (χ1) is 10.1. The van der Waals surface area contributed by atoms with E-state index in [0.29, 0.717) is 5.02 Å². The molecule has 1 heterocycles. The van der Waals surface area contributed by atoms with E-state index in [4.69, 9.17) is 22.2 Å². The summed E-state index contributed by atoms with van der Waals surface area (Å²) < 4.78 is 5.48. The molecule has 6 heteroatoms. The summed E-state index contributed by atoms with van der Waals surface area (Å²) in [7, 11) is 5.96. The molecule has 0 amide bonds. The molecule has 3 N–H and O–H groups in total. The largest absolute Gasteiger partial charge is 0.496 e. The minimum atomic E-state index is -0.0378. The van der Waals surface area contributed by atoms with Crippen LogP contribution in [0.3, 0.4) is 0 Å². The van der Waals surface area contributed by atoms with Gasteiger partial charge in [0.15, 0.2) is 0 Å². The molecule has 0 aromatic heterocycles. The molecule has 1 fully saturated rings. The van der Waals surface area contributed by atoms with Crippen LogP contribution in [0.4, 0.5) is 0 Å².